The molecule has 1 amide bonds. The summed E-state index contributed by atoms with van der Waals surface area (Å²) >= 11 is 0. The van der Waals surface area contributed by atoms with Gasteiger partial charge in [-0.05, 0) is 56.5 Å². The van der Waals surface area contributed by atoms with E-state index in [1.165, 1.54) is 0 Å². The zero-order valence-electron chi connectivity index (χ0n) is 16.3. The summed E-state index contributed by atoms with van der Waals surface area (Å²) in [5.74, 6) is 0.710. The minimum absolute atomic E-state index is 0.237. The molecule has 140 valence electrons. The molecule has 6 heteroatoms. The highest BCUT2D eigenvalue weighted by Gasteiger charge is 2.12. The van der Waals surface area contributed by atoms with Gasteiger partial charge >= 0.3 is 0 Å². The van der Waals surface area contributed by atoms with Gasteiger partial charge in [0.2, 0.25) is 5.95 Å². The van der Waals surface area contributed by atoms with E-state index in [9.17, 15) is 4.79 Å². The van der Waals surface area contributed by atoms with Crippen LogP contribution in [0.4, 0.5) is 17.3 Å². The molecular weight excluding hydrogens is 326 g/mol. The summed E-state index contributed by atoms with van der Waals surface area (Å²) in [6, 6.07) is 7.69. The fourth-order valence-corrected chi connectivity index (χ4v) is 2.63. The second-order valence-electron chi connectivity index (χ2n) is 6.67. The molecule has 2 aromatic rings. The van der Waals surface area contributed by atoms with Crippen LogP contribution >= 0.6 is 0 Å². The molecule has 0 aliphatic heterocycles. The molecule has 0 unspecified atom stereocenters. The van der Waals surface area contributed by atoms with Crippen molar-refractivity contribution in [3.05, 3.63) is 41.7 Å². The van der Waals surface area contributed by atoms with Gasteiger partial charge in [0, 0.05) is 37.2 Å². The molecule has 0 saturated heterocycles. The zero-order valence-corrected chi connectivity index (χ0v) is 16.3. The third kappa shape index (κ3) is 5.18. The van der Waals surface area contributed by atoms with Crippen LogP contribution in [-0.2, 0) is 0 Å². The predicted molar refractivity (Wildman–Crippen MR) is 108 cm³/mol. The molecule has 0 aliphatic rings. The Kier molecular flexibility index (Phi) is 6.95. The summed E-state index contributed by atoms with van der Waals surface area (Å²) in [5, 5.41) is 6.08. The lowest BCUT2D eigenvalue weighted by Gasteiger charge is -2.22. The van der Waals surface area contributed by atoms with E-state index in [4.69, 9.17) is 0 Å². The zero-order chi connectivity index (χ0) is 19.1. The largest absolute Gasteiger partial charge is 0.372 e. The van der Waals surface area contributed by atoms with Gasteiger partial charge in [0.25, 0.3) is 5.91 Å². The Balaban J connectivity index is 2.11. The Morgan fingerprint density at radius 3 is 2.54 bits per heavy atom. The topological polar surface area (TPSA) is 70.2 Å². The molecule has 26 heavy (non-hydrogen) atoms. The van der Waals surface area contributed by atoms with E-state index in [1.54, 1.807) is 12.3 Å². The molecule has 1 aromatic carbocycles. The standard InChI is InChI=1S/C20H29N5O/c1-6-25(7-2)16-8-9-17(15(5)12-16)23-19(26)18-10-11-21-20(24-18)22-13-14(3)4/h8-12,14H,6-7,13H2,1-5H3,(H,23,26)(H,21,22,24). The Morgan fingerprint density at radius 2 is 1.92 bits per heavy atom. The van der Waals surface area contributed by atoms with Crippen molar-refractivity contribution >= 4 is 23.2 Å². The molecule has 0 saturated carbocycles. The number of rotatable bonds is 8. The maximum Gasteiger partial charge on any atom is 0.274 e. The molecular formula is C20H29N5O. The quantitative estimate of drug-likeness (QED) is 0.750. The first-order chi connectivity index (χ1) is 12.4. The lowest BCUT2D eigenvalue weighted by Crippen LogP contribution is -2.22. The predicted octanol–water partition coefficient (Wildman–Crippen LogP) is 3.95. The number of nitrogens with zero attached hydrogens (tertiary/aromatic N) is 3. The van der Waals surface area contributed by atoms with Crippen molar-refractivity contribution in [2.45, 2.75) is 34.6 Å². The highest BCUT2D eigenvalue weighted by atomic mass is 16.1. The van der Waals surface area contributed by atoms with Crippen LogP contribution in [0.5, 0.6) is 0 Å². The van der Waals surface area contributed by atoms with Gasteiger partial charge < -0.3 is 15.5 Å². The van der Waals surface area contributed by atoms with E-state index >= 15 is 0 Å². The number of amides is 1. The SMILES string of the molecule is CCN(CC)c1ccc(NC(=O)c2ccnc(NCC(C)C)n2)c(C)c1. The van der Waals surface area contributed by atoms with E-state index in [2.05, 4.69) is 59.3 Å². The summed E-state index contributed by atoms with van der Waals surface area (Å²) in [7, 11) is 0. The van der Waals surface area contributed by atoms with Gasteiger partial charge in [0.05, 0.1) is 0 Å². The van der Waals surface area contributed by atoms with Gasteiger partial charge in [-0.1, -0.05) is 13.8 Å². The van der Waals surface area contributed by atoms with E-state index in [-0.39, 0.29) is 5.91 Å². The average Bonchev–Trinajstić information content (AvgIpc) is 2.63. The van der Waals surface area contributed by atoms with E-state index in [0.29, 0.717) is 17.6 Å². The molecule has 2 rings (SSSR count). The van der Waals surface area contributed by atoms with Crippen molar-refractivity contribution in [2.24, 2.45) is 5.92 Å². The number of hydrogen-bond donors (Lipinski definition) is 2. The average molecular weight is 355 g/mol. The highest BCUT2D eigenvalue weighted by Crippen LogP contribution is 2.23. The number of benzene rings is 1. The van der Waals surface area contributed by atoms with Crippen LogP contribution in [0.2, 0.25) is 0 Å². The van der Waals surface area contributed by atoms with Crippen LogP contribution < -0.4 is 15.5 Å². The number of aryl methyl sites for hydroxylation is 1. The number of anilines is 3. The maximum absolute atomic E-state index is 12.5. The number of carbonyl (C=O) groups excluding carboxylic acids is 1. The molecule has 0 radical (unpaired) electrons. The van der Waals surface area contributed by atoms with Crippen molar-refractivity contribution in [3.8, 4) is 0 Å². The van der Waals surface area contributed by atoms with Crippen LogP contribution in [0.3, 0.4) is 0 Å². The smallest absolute Gasteiger partial charge is 0.274 e. The normalized spacial score (nSPS) is 10.7. The summed E-state index contributed by atoms with van der Waals surface area (Å²) < 4.78 is 0. The molecule has 1 aromatic heterocycles. The maximum atomic E-state index is 12.5. The van der Waals surface area contributed by atoms with Crippen LogP contribution in [-0.4, -0.2) is 35.5 Å². The first-order valence-electron chi connectivity index (χ1n) is 9.18. The molecule has 0 aliphatic carbocycles. The Hall–Kier alpha value is -2.63. The lowest BCUT2D eigenvalue weighted by molar-refractivity contribution is 0.102. The summed E-state index contributed by atoms with van der Waals surface area (Å²) in [6.07, 6.45) is 1.60. The van der Waals surface area contributed by atoms with Crippen LogP contribution in [0.25, 0.3) is 0 Å². The second-order valence-corrected chi connectivity index (χ2v) is 6.67. The summed E-state index contributed by atoms with van der Waals surface area (Å²) in [4.78, 5) is 23.3. The minimum atomic E-state index is -0.237. The Morgan fingerprint density at radius 1 is 1.19 bits per heavy atom. The molecule has 2 N–H and O–H groups in total. The van der Waals surface area contributed by atoms with Gasteiger partial charge in [-0.25, -0.2) is 9.97 Å². The van der Waals surface area contributed by atoms with Gasteiger partial charge in [0.15, 0.2) is 0 Å². The van der Waals surface area contributed by atoms with Gasteiger partial charge in [-0.2, -0.15) is 0 Å². The van der Waals surface area contributed by atoms with E-state index in [0.717, 1.165) is 36.6 Å². The van der Waals surface area contributed by atoms with Gasteiger partial charge in [-0.15, -0.1) is 0 Å². The molecule has 0 spiro atoms. The van der Waals surface area contributed by atoms with Crippen molar-refractivity contribution in [1.29, 1.82) is 0 Å². The highest BCUT2D eigenvalue weighted by molar-refractivity contribution is 6.03. The number of hydrogen-bond acceptors (Lipinski definition) is 5. The first-order valence-corrected chi connectivity index (χ1v) is 9.18. The van der Waals surface area contributed by atoms with Crippen LogP contribution in [0.15, 0.2) is 30.5 Å². The van der Waals surface area contributed by atoms with Crippen molar-refractivity contribution in [3.63, 3.8) is 0 Å². The summed E-state index contributed by atoms with van der Waals surface area (Å²) in [6.45, 7) is 13.1. The van der Waals surface area contributed by atoms with Crippen molar-refractivity contribution in [2.75, 3.05) is 35.2 Å². The summed E-state index contributed by atoms with van der Waals surface area (Å²) in [5.41, 5.74) is 3.32. The van der Waals surface area contributed by atoms with Gasteiger partial charge in [0.1, 0.15) is 5.69 Å². The molecule has 1 heterocycles. The fourth-order valence-electron chi connectivity index (χ4n) is 2.63. The van der Waals surface area contributed by atoms with Crippen molar-refractivity contribution in [1.82, 2.24) is 9.97 Å². The Bertz CT molecular complexity index is 741. The first kappa shape index (κ1) is 19.7. The van der Waals surface area contributed by atoms with Crippen molar-refractivity contribution < 1.29 is 4.79 Å². The number of carbonyl (C=O) groups is 1. The minimum Gasteiger partial charge on any atom is -0.372 e. The third-order valence-corrected chi connectivity index (χ3v) is 4.14. The monoisotopic (exact) mass is 355 g/mol. The second kappa shape index (κ2) is 9.17. The van der Waals surface area contributed by atoms with Gasteiger partial charge in [-0.3, -0.25) is 4.79 Å². The van der Waals surface area contributed by atoms with Crippen LogP contribution in [0, 0.1) is 12.8 Å². The lowest BCUT2D eigenvalue weighted by atomic mass is 10.1. The van der Waals surface area contributed by atoms with E-state index in [1.807, 2.05) is 19.1 Å². The van der Waals surface area contributed by atoms with E-state index < -0.39 is 0 Å². The number of nitrogens with one attached hydrogen (secondary N) is 2. The fraction of sp³-hybridized carbons (Fsp3) is 0.450. The molecule has 0 atom stereocenters. The number of aromatic nitrogens is 2. The molecule has 6 nitrogen and oxygen atoms in total. The molecule has 0 fully saturated rings. The van der Waals surface area contributed by atoms with Crippen LogP contribution in [0.1, 0.15) is 43.7 Å². The Labute approximate surface area is 156 Å². The third-order valence-electron chi connectivity index (χ3n) is 4.14. The molecule has 0 bridgehead atoms.